The molecule has 0 fully saturated rings. The second-order valence-electron chi connectivity index (χ2n) is 3.27. The van der Waals surface area contributed by atoms with Gasteiger partial charge in [-0.15, -0.1) is 0 Å². The van der Waals surface area contributed by atoms with Gasteiger partial charge in [0.15, 0.2) is 12.4 Å². The highest BCUT2D eigenvalue weighted by Gasteiger charge is 2.31. The summed E-state index contributed by atoms with van der Waals surface area (Å²) in [5.41, 5.74) is 0.187. The van der Waals surface area contributed by atoms with Crippen molar-refractivity contribution in [3.63, 3.8) is 0 Å². The van der Waals surface area contributed by atoms with E-state index >= 15 is 0 Å². The molecule has 0 saturated carbocycles. The summed E-state index contributed by atoms with van der Waals surface area (Å²) < 4.78 is 39.8. The Balaban J connectivity index is 2.42. The van der Waals surface area contributed by atoms with E-state index in [0.717, 1.165) is 0 Å². The van der Waals surface area contributed by atoms with Crippen LogP contribution < -0.4 is 0 Å². The zero-order valence-electron chi connectivity index (χ0n) is 8.66. The zero-order valence-corrected chi connectivity index (χ0v) is 8.66. The van der Waals surface area contributed by atoms with Crippen LogP contribution in [0, 0.1) is 0 Å². The molecule has 0 aromatic heterocycles. The van der Waals surface area contributed by atoms with Gasteiger partial charge in [0, 0.05) is 0 Å². The number of hydrogen-bond donors (Lipinski definition) is 0. The molecule has 0 amide bonds. The van der Waals surface area contributed by atoms with Crippen LogP contribution in [0.5, 0.6) is 0 Å². The average Bonchev–Trinajstić information content (AvgIpc) is 2.25. The van der Waals surface area contributed by atoms with Crippen LogP contribution in [-0.4, -0.2) is 24.5 Å². The van der Waals surface area contributed by atoms with Gasteiger partial charge in [-0.05, 0) is 12.1 Å². The minimum atomic E-state index is -4.57. The van der Waals surface area contributed by atoms with E-state index in [0.29, 0.717) is 0 Å². The molecule has 0 N–H and O–H groups in total. The van der Waals surface area contributed by atoms with Crippen LogP contribution in [0.3, 0.4) is 0 Å². The number of carbonyl (C=O) groups excluding carboxylic acids is 2. The number of esters is 1. The first-order chi connectivity index (χ1) is 7.88. The van der Waals surface area contributed by atoms with E-state index < -0.39 is 31.0 Å². The van der Waals surface area contributed by atoms with E-state index in [4.69, 9.17) is 0 Å². The molecule has 0 spiro atoms. The topological polar surface area (TPSA) is 43.4 Å². The third-order valence-corrected chi connectivity index (χ3v) is 1.77. The fourth-order valence-electron chi connectivity index (χ4n) is 1.08. The lowest BCUT2D eigenvalue weighted by molar-refractivity contribution is -0.154. The SMILES string of the molecule is O=C(COC(=O)c1ccccc1)CC(F)(F)F. The van der Waals surface area contributed by atoms with Gasteiger partial charge in [-0.3, -0.25) is 4.79 Å². The lowest BCUT2D eigenvalue weighted by Gasteiger charge is -2.06. The second-order valence-corrected chi connectivity index (χ2v) is 3.27. The van der Waals surface area contributed by atoms with Crippen LogP contribution in [0.4, 0.5) is 13.2 Å². The van der Waals surface area contributed by atoms with Crippen molar-refractivity contribution in [3.8, 4) is 0 Å². The van der Waals surface area contributed by atoms with Gasteiger partial charge < -0.3 is 4.74 Å². The summed E-state index contributed by atoms with van der Waals surface area (Å²) >= 11 is 0. The smallest absolute Gasteiger partial charge is 0.396 e. The molecular formula is C11H9F3O3. The predicted octanol–water partition coefficient (Wildman–Crippen LogP) is 2.36. The molecule has 0 heterocycles. The second kappa shape index (κ2) is 5.47. The van der Waals surface area contributed by atoms with E-state index in [1.54, 1.807) is 18.2 Å². The van der Waals surface area contributed by atoms with Gasteiger partial charge in [0.1, 0.15) is 6.42 Å². The first-order valence-electron chi connectivity index (χ1n) is 4.69. The number of rotatable bonds is 4. The van der Waals surface area contributed by atoms with Crippen LogP contribution in [0.2, 0.25) is 0 Å². The van der Waals surface area contributed by atoms with Gasteiger partial charge >= 0.3 is 12.1 Å². The Hall–Kier alpha value is -1.85. The molecular weight excluding hydrogens is 237 g/mol. The molecule has 1 aromatic rings. The Morgan fingerprint density at radius 1 is 1.12 bits per heavy atom. The number of ketones is 1. The first-order valence-corrected chi connectivity index (χ1v) is 4.69. The van der Waals surface area contributed by atoms with E-state index in [-0.39, 0.29) is 5.56 Å². The van der Waals surface area contributed by atoms with Gasteiger partial charge in [0.05, 0.1) is 5.56 Å². The number of carbonyl (C=O) groups is 2. The van der Waals surface area contributed by atoms with Gasteiger partial charge in [0.25, 0.3) is 0 Å². The van der Waals surface area contributed by atoms with Crippen molar-refractivity contribution >= 4 is 11.8 Å². The number of benzene rings is 1. The molecule has 17 heavy (non-hydrogen) atoms. The number of hydrogen-bond acceptors (Lipinski definition) is 3. The molecule has 0 unspecified atom stereocenters. The Labute approximate surface area is 95.2 Å². The zero-order chi connectivity index (χ0) is 12.9. The molecule has 0 aliphatic rings. The number of alkyl halides is 3. The van der Waals surface area contributed by atoms with Crippen LogP contribution >= 0.6 is 0 Å². The Bertz CT molecular complexity index is 398. The van der Waals surface area contributed by atoms with Crippen molar-refractivity contribution in [2.75, 3.05) is 6.61 Å². The highest BCUT2D eigenvalue weighted by molar-refractivity contribution is 5.91. The Morgan fingerprint density at radius 2 is 1.71 bits per heavy atom. The van der Waals surface area contributed by atoms with Crippen molar-refractivity contribution < 1.29 is 27.5 Å². The number of ether oxygens (including phenoxy) is 1. The molecule has 1 rings (SSSR count). The van der Waals surface area contributed by atoms with Crippen LogP contribution in [-0.2, 0) is 9.53 Å². The normalized spacial score (nSPS) is 11.0. The van der Waals surface area contributed by atoms with Crippen molar-refractivity contribution in [1.29, 1.82) is 0 Å². The predicted molar refractivity (Wildman–Crippen MR) is 52.4 cm³/mol. The summed E-state index contributed by atoms with van der Waals surface area (Å²) in [6, 6.07) is 7.71. The largest absolute Gasteiger partial charge is 0.454 e. The van der Waals surface area contributed by atoms with Crippen molar-refractivity contribution in [2.45, 2.75) is 12.6 Å². The molecule has 0 radical (unpaired) electrons. The monoisotopic (exact) mass is 246 g/mol. The van der Waals surface area contributed by atoms with Crippen LogP contribution in [0.1, 0.15) is 16.8 Å². The Morgan fingerprint density at radius 3 is 2.24 bits per heavy atom. The molecule has 1 aromatic carbocycles. The molecule has 0 saturated heterocycles. The van der Waals surface area contributed by atoms with Gasteiger partial charge in [-0.1, -0.05) is 18.2 Å². The van der Waals surface area contributed by atoms with Crippen molar-refractivity contribution in [1.82, 2.24) is 0 Å². The molecule has 92 valence electrons. The minimum Gasteiger partial charge on any atom is -0.454 e. The summed E-state index contributed by atoms with van der Waals surface area (Å²) in [4.78, 5) is 22.1. The maximum atomic E-state index is 11.8. The third-order valence-electron chi connectivity index (χ3n) is 1.77. The minimum absolute atomic E-state index is 0.187. The van der Waals surface area contributed by atoms with E-state index in [1.807, 2.05) is 0 Å². The van der Waals surface area contributed by atoms with Crippen molar-refractivity contribution in [2.24, 2.45) is 0 Å². The van der Waals surface area contributed by atoms with Crippen LogP contribution in [0.25, 0.3) is 0 Å². The summed E-state index contributed by atoms with van der Waals surface area (Å²) in [6.07, 6.45) is -6.16. The number of halogens is 3. The lowest BCUT2D eigenvalue weighted by atomic mass is 10.2. The van der Waals surface area contributed by atoms with Crippen molar-refractivity contribution in [3.05, 3.63) is 35.9 Å². The fraction of sp³-hybridized carbons (Fsp3) is 0.273. The van der Waals surface area contributed by atoms with E-state index in [1.165, 1.54) is 12.1 Å². The highest BCUT2D eigenvalue weighted by atomic mass is 19.4. The maximum absolute atomic E-state index is 11.8. The van der Waals surface area contributed by atoms with Crippen LogP contribution in [0.15, 0.2) is 30.3 Å². The number of Topliss-reactive ketones (excluding diaryl/α,β-unsaturated/α-hetero) is 1. The Kier molecular flexibility index (Phi) is 4.25. The highest BCUT2D eigenvalue weighted by Crippen LogP contribution is 2.19. The quantitative estimate of drug-likeness (QED) is 0.766. The first kappa shape index (κ1) is 13.2. The molecule has 3 nitrogen and oxygen atoms in total. The van der Waals surface area contributed by atoms with E-state index in [2.05, 4.69) is 4.74 Å². The summed E-state index contributed by atoms with van der Waals surface area (Å²) in [5.74, 6) is -2.00. The van der Waals surface area contributed by atoms with Gasteiger partial charge in [0.2, 0.25) is 0 Å². The molecule has 0 aliphatic heterocycles. The average molecular weight is 246 g/mol. The van der Waals surface area contributed by atoms with E-state index in [9.17, 15) is 22.8 Å². The molecule has 0 atom stereocenters. The summed E-state index contributed by atoms with van der Waals surface area (Å²) in [5, 5.41) is 0. The fourth-order valence-corrected chi connectivity index (χ4v) is 1.08. The molecule has 6 heteroatoms. The lowest BCUT2D eigenvalue weighted by Crippen LogP contribution is -2.20. The van der Waals surface area contributed by atoms with Gasteiger partial charge in [-0.25, -0.2) is 4.79 Å². The standard InChI is InChI=1S/C11H9F3O3/c12-11(13,14)6-9(15)7-17-10(16)8-4-2-1-3-5-8/h1-5H,6-7H2. The molecule has 0 bridgehead atoms. The maximum Gasteiger partial charge on any atom is 0.396 e. The van der Waals surface area contributed by atoms with Gasteiger partial charge in [-0.2, -0.15) is 13.2 Å². The summed E-state index contributed by atoms with van der Waals surface area (Å²) in [6.45, 7) is -0.868. The third kappa shape index (κ3) is 5.14. The summed E-state index contributed by atoms with van der Waals surface area (Å²) in [7, 11) is 0. The molecule has 0 aliphatic carbocycles.